The van der Waals surface area contributed by atoms with Gasteiger partial charge < -0.3 is 9.84 Å². The lowest BCUT2D eigenvalue weighted by Crippen LogP contribution is -2.31. The molecule has 1 aliphatic rings. The minimum absolute atomic E-state index is 0.143. The van der Waals surface area contributed by atoms with E-state index in [2.05, 4.69) is 32.1 Å². The smallest absolute Gasteiger partial charge is 0.302 e. The van der Waals surface area contributed by atoms with Crippen LogP contribution in [0.5, 0.6) is 0 Å². The van der Waals surface area contributed by atoms with Gasteiger partial charge in [0.1, 0.15) is 6.61 Å². The van der Waals surface area contributed by atoms with E-state index in [1.165, 1.54) is 6.92 Å². The van der Waals surface area contributed by atoms with E-state index in [0.717, 1.165) is 24.8 Å². The van der Waals surface area contributed by atoms with E-state index in [9.17, 15) is 4.79 Å². The Balaban J connectivity index is 2.93. The van der Waals surface area contributed by atoms with Crippen molar-refractivity contribution in [2.45, 2.75) is 40.0 Å². The van der Waals surface area contributed by atoms with Crippen LogP contribution in [0.4, 0.5) is 0 Å². The fourth-order valence-electron chi connectivity index (χ4n) is 2.61. The molecule has 0 fully saturated rings. The Morgan fingerprint density at radius 2 is 2.30 bits per heavy atom. The van der Waals surface area contributed by atoms with Crippen molar-refractivity contribution in [3.05, 3.63) is 36.0 Å². The van der Waals surface area contributed by atoms with Crippen molar-refractivity contribution in [3.63, 3.8) is 0 Å². The molecule has 1 rings (SSSR count). The minimum Gasteiger partial charge on any atom is -0.461 e. The number of ether oxygens (including phenoxy) is 1. The third kappa shape index (κ3) is 4.34. The van der Waals surface area contributed by atoms with Gasteiger partial charge in [0.2, 0.25) is 0 Å². The Morgan fingerprint density at radius 3 is 2.90 bits per heavy atom. The molecule has 0 aliphatic heterocycles. The van der Waals surface area contributed by atoms with Crippen LogP contribution in [0.1, 0.15) is 40.0 Å². The van der Waals surface area contributed by atoms with Gasteiger partial charge >= 0.3 is 5.97 Å². The van der Waals surface area contributed by atoms with Gasteiger partial charge in [-0.15, -0.1) is 0 Å². The van der Waals surface area contributed by atoms with E-state index in [-0.39, 0.29) is 18.0 Å². The number of aliphatic hydroxyl groups is 1. The second-order valence-electron chi connectivity index (χ2n) is 5.42. The molecule has 0 amide bonds. The number of rotatable bonds is 7. The van der Waals surface area contributed by atoms with Crippen molar-refractivity contribution >= 4 is 5.97 Å². The van der Waals surface area contributed by atoms with E-state index in [0.29, 0.717) is 12.5 Å². The molecule has 3 heteroatoms. The van der Waals surface area contributed by atoms with Gasteiger partial charge in [0.25, 0.3) is 0 Å². The molecule has 1 aliphatic carbocycles. The Hall–Kier alpha value is -1.35. The summed E-state index contributed by atoms with van der Waals surface area (Å²) in [4.78, 5) is 11.0. The van der Waals surface area contributed by atoms with Crippen molar-refractivity contribution < 1.29 is 14.6 Å². The zero-order valence-electron chi connectivity index (χ0n) is 12.8. The SMILES string of the molecule is CCC=CC1(C)C(COC(C)=O)=CC=CC1CCCO. The molecule has 112 valence electrons. The maximum absolute atomic E-state index is 11.0. The van der Waals surface area contributed by atoms with Crippen molar-refractivity contribution in [3.8, 4) is 0 Å². The van der Waals surface area contributed by atoms with Crippen molar-refractivity contribution in [2.24, 2.45) is 11.3 Å². The number of hydrogen-bond donors (Lipinski definition) is 1. The maximum atomic E-state index is 11.0. The van der Waals surface area contributed by atoms with Crippen LogP contribution in [0.25, 0.3) is 0 Å². The average molecular weight is 278 g/mol. The van der Waals surface area contributed by atoms with Gasteiger partial charge in [-0.05, 0) is 30.8 Å². The first kappa shape index (κ1) is 16.7. The molecule has 0 saturated heterocycles. The van der Waals surface area contributed by atoms with E-state index in [1.807, 2.05) is 12.2 Å². The van der Waals surface area contributed by atoms with E-state index in [4.69, 9.17) is 9.84 Å². The molecule has 0 aromatic carbocycles. The quantitative estimate of drug-likeness (QED) is 0.573. The summed E-state index contributed by atoms with van der Waals surface area (Å²) in [5, 5.41) is 9.06. The second-order valence-corrected chi connectivity index (χ2v) is 5.42. The van der Waals surface area contributed by atoms with Gasteiger partial charge in [-0.2, -0.15) is 0 Å². The number of aliphatic hydroxyl groups excluding tert-OH is 1. The second kappa shape index (κ2) is 8.05. The number of hydrogen-bond acceptors (Lipinski definition) is 3. The van der Waals surface area contributed by atoms with Crippen molar-refractivity contribution in [1.29, 1.82) is 0 Å². The van der Waals surface area contributed by atoms with Crippen LogP contribution in [0.3, 0.4) is 0 Å². The molecule has 3 nitrogen and oxygen atoms in total. The number of esters is 1. The molecular weight excluding hydrogens is 252 g/mol. The molecule has 0 aromatic heterocycles. The zero-order chi connectivity index (χ0) is 15.0. The summed E-state index contributed by atoms with van der Waals surface area (Å²) in [5.41, 5.74) is 0.970. The normalized spacial score (nSPS) is 25.8. The summed E-state index contributed by atoms with van der Waals surface area (Å²) < 4.78 is 5.19. The van der Waals surface area contributed by atoms with Gasteiger partial charge in [0.15, 0.2) is 0 Å². The third-order valence-corrected chi connectivity index (χ3v) is 3.91. The van der Waals surface area contributed by atoms with Crippen molar-refractivity contribution in [1.82, 2.24) is 0 Å². The molecule has 0 bridgehead atoms. The predicted molar refractivity (Wildman–Crippen MR) is 81.2 cm³/mol. The van der Waals surface area contributed by atoms with Gasteiger partial charge in [-0.1, -0.05) is 44.2 Å². The molecule has 0 aromatic rings. The third-order valence-electron chi connectivity index (χ3n) is 3.91. The van der Waals surface area contributed by atoms with Crippen molar-refractivity contribution in [2.75, 3.05) is 13.2 Å². The lowest BCUT2D eigenvalue weighted by atomic mass is 9.67. The first-order valence-electron chi connectivity index (χ1n) is 7.34. The van der Waals surface area contributed by atoms with Crippen LogP contribution < -0.4 is 0 Å². The first-order valence-corrected chi connectivity index (χ1v) is 7.34. The first-order chi connectivity index (χ1) is 9.54. The van der Waals surface area contributed by atoms with Crippen LogP contribution in [-0.4, -0.2) is 24.3 Å². The zero-order valence-corrected chi connectivity index (χ0v) is 12.8. The highest BCUT2D eigenvalue weighted by atomic mass is 16.5. The summed E-state index contributed by atoms with van der Waals surface area (Å²) in [6, 6.07) is 0. The minimum atomic E-state index is -0.255. The Labute approximate surface area is 122 Å². The average Bonchev–Trinajstić information content (AvgIpc) is 2.42. The molecule has 0 heterocycles. The highest BCUT2D eigenvalue weighted by molar-refractivity contribution is 5.66. The standard InChI is InChI=1S/C17H26O3/c1-4-5-11-17(3)15(10-7-12-18)8-6-9-16(17)13-20-14(2)19/h5-6,8-9,11,15,18H,4,7,10,12-13H2,1-3H3. The lowest BCUT2D eigenvalue weighted by molar-refractivity contribution is -0.140. The maximum Gasteiger partial charge on any atom is 0.302 e. The largest absolute Gasteiger partial charge is 0.461 e. The highest BCUT2D eigenvalue weighted by Gasteiger charge is 2.35. The number of carbonyl (C=O) groups excluding carboxylic acids is 1. The topological polar surface area (TPSA) is 46.5 Å². The molecular formula is C17H26O3. The Morgan fingerprint density at radius 1 is 1.55 bits per heavy atom. The van der Waals surface area contributed by atoms with Crippen LogP contribution in [-0.2, 0) is 9.53 Å². The summed E-state index contributed by atoms with van der Waals surface area (Å²) in [5.74, 6) is 0.0715. The highest BCUT2D eigenvalue weighted by Crippen LogP contribution is 2.43. The number of allylic oxidation sites excluding steroid dienone is 5. The van der Waals surface area contributed by atoms with E-state index in [1.54, 1.807) is 0 Å². The van der Waals surface area contributed by atoms with E-state index >= 15 is 0 Å². The fraction of sp³-hybridized carbons (Fsp3) is 0.588. The monoisotopic (exact) mass is 278 g/mol. The van der Waals surface area contributed by atoms with E-state index < -0.39 is 0 Å². The summed E-state index contributed by atoms with van der Waals surface area (Å²) >= 11 is 0. The summed E-state index contributed by atoms with van der Waals surface area (Å²) in [6.07, 6.45) is 13.3. The van der Waals surface area contributed by atoms with Gasteiger partial charge in [-0.25, -0.2) is 0 Å². The van der Waals surface area contributed by atoms with Crippen LogP contribution in [0.15, 0.2) is 36.0 Å². The molecule has 20 heavy (non-hydrogen) atoms. The molecule has 2 unspecified atom stereocenters. The summed E-state index contributed by atoms with van der Waals surface area (Å²) in [6.45, 7) is 6.26. The molecule has 0 radical (unpaired) electrons. The number of carbonyl (C=O) groups is 1. The van der Waals surface area contributed by atoms with Crippen LogP contribution in [0, 0.1) is 11.3 Å². The molecule has 0 saturated carbocycles. The fourth-order valence-corrected chi connectivity index (χ4v) is 2.61. The van der Waals surface area contributed by atoms with Gasteiger partial charge in [0, 0.05) is 18.9 Å². The predicted octanol–water partition coefficient (Wildman–Crippen LogP) is 3.41. The molecule has 1 N–H and O–H groups in total. The van der Waals surface area contributed by atoms with Gasteiger partial charge in [-0.3, -0.25) is 4.79 Å². The Kier molecular flexibility index (Phi) is 6.73. The lowest BCUT2D eigenvalue weighted by Gasteiger charge is -2.38. The summed E-state index contributed by atoms with van der Waals surface area (Å²) in [7, 11) is 0. The van der Waals surface area contributed by atoms with Crippen LogP contribution >= 0.6 is 0 Å². The molecule has 0 spiro atoms. The van der Waals surface area contributed by atoms with Crippen LogP contribution in [0.2, 0.25) is 0 Å². The Bertz CT molecular complexity index is 406. The van der Waals surface area contributed by atoms with Gasteiger partial charge in [0.05, 0.1) is 0 Å². The molecule has 2 atom stereocenters.